The minimum atomic E-state index is -5.13. The second-order valence-corrected chi connectivity index (χ2v) is 10.9. The molecule has 0 aromatic rings. The van der Waals surface area contributed by atoms with E-state index in [1.165, 1.54) is 0 Å². The summed E-state index contributed by atoms with van der Waals surface area (Å²) in [7, 11) is -15.4. The number of nitrogens with one attached hydrogen (secondary N) is 1. The van der Waals surface area contributed by atoms with Gasteiger partial charge >= 0.3 is 31.2 Å². The van der Waals surface area contributed by atoms with Crippen molar-refractivity contribution >= 4 is 49.7 Å². The zero-order valence-corrected chi connectivity index (χ0v) is 21.1. The number of hydrogen-bond acceptors (Lipinski definition) is 11. The van der Waals surface area contributed by atoms with Gasteiger partial charge in [-0.25, -0.2) is 12.5 Å². The van der Waals surface area contributed by atoms with Gasteiger partial charge in [-0.3, -0.25) is 18.5 Å². The maximum atomic E-state index is 12.3. The highest BCUT2D eigenvalue weighted by Gasteiger charge is 2.38. The Kier molecular flexibility index (Phi) is 15.2. The summed E-state index contributed by atoms with van der Waals surface area (Å²) in [6, 6.07) is 0. The minimum absolute atomic E-state index is 0.120. The van der Waals surface area contributed by atoms with E-state index < -0.39 is 62.5 Å². The molecule has 14 nitrogen and oxygen atoms in total. The molecule has 0 saturated heterocycles. The summed E-state index contributed by atoms with van der Waals surface area (Å²) in [5, 5.41) is 2.13. The third-order valence-corrected chi connectivity index (χ3v) is 5.73. The molecule has 0 fully saturated rings. The number of thiol groups is 1. The molecule has 1 amide bonds. The summed E-state index contributed by atoms with van der Waals surface area (Å²) < 4.78 is 104. The van der Waals surface area contributed by atoms with Crippen LogP contribution < -0.4 is 5.32 Å². The number of carbonyl (C=O) groups is 1. The monoisotopic (exact) mass is 561 g/mol. The lowest BCUT2D eigenvalue weighted by molar-refractivity contribution is -0.125. The Morgan fingerprint density at radius 1 is 0.667 bits per heavy atom. The van der Waals surface area contributed by atoms with Crippen LogP contribution in [0.1, 0.15) is 57.8 Å². The van der Waals surface area contributed by atoms with Crippen LogP contribution in [0, 0.1) is 0 Å². The summed E-state index contributed by atoms with van der Waals surface area (Å²) in [6.45, 7) is -3.77. The first-order valence-corrected chi connectivity index (χ1v) is 14.6. The molecular formula is C15H31NO13S4. The van der Waals surface area contributed by atoms with Crippen molar-refractivity contribution in [2.45, 2.75) is 63.3 Å². The topological polar surface area (TPSA) is 220 Å². The van der Waals surface area contributed by atoms with Gasteiger partial charge in [0.05, 0.1) is 19.8 Å². The Balaban J connectivity index is 5.05. The third-order valence-electron chi connectivity index (χ3n) is 4.17. The molecule has 0 aliphatic heterocycles. The molecule has 0 aromatic heterocycles. The number of rotatable bonds is 20. The zero-order valence-electron chi connectivity index (χ0n) is 17.8. The molecular weight excluding hydrogens is 530 g/mol. The van der Waals surface area contributed by atoms with Gasteiger partial charge in [0.15, 0.2) is 0 Å². The third kappa shape index (κ3) is 20.5. The van der Waals surface area contributed by atoms with E-state index in [2.05, 4.69) is 30.5 Å². The largest absolute Gasteiger partial charge is 0.397 e. The molecule has 198 valence electrons. The van der Waals surface area contributed by atoms with Crippen molar-refractivity contribution < 1.29 is 56.3 Å². The van der Waals surface area contributed by atoms with Gasteiger partial charge < -0.3 is 5.32 Å². The van der Waals surface area contributed by atoms with Gasteiger partial charge in [-0.2, -0.15) is 37.9 Å². The van der Waals surface area contributed by atoms with Crippen molar-refractivity contribution in [3.05, 3.63) is 0 Å². The minimum Gasteiger partial charge on any atom is -0.344 e. The molecule has 0 spiro atoms. The van der Waals surface area contributed by atoms with Gasteiger partial charge in [0.25, 0.3) is 0 Å². The number of unbranched alkanes of at least 4 members (excludes halogenated alkanes) is 7. The zero-order chi connectivity index (χ0) is 25.6. The van der Waals surface area contributed by atoms with E-state index in [1.807, 2.05) is 0 Å². The summed E-state index contributed by atoms with van der Waals surface area (Å²) in [5.74, 6) is 0.0526. The van der Waals surface area contributed by atoms with Crippen LogP contribution >= 0.6 is 12.6 Å². The van der Waals surface area contributed by atoms with Gasteiger partial charge in [0, 0.05) is 6.42 Å². The van der Waals surface area contributed by atoms with Gasteiger partial charge in [-0.1, -0.05) is 38.5 Å². The lowest BCUT2D eigenvalue weighted by atomic mass is 10.0. The summed E-state index contributed by atoms with van der Waals surface area (Å²) in [4.78, 5) is 12.3. The van der Waals surface area contributed by atoms with E-state index in [1.54, 1.807) is 0 Å². The Bertz CT molecular complexity index is 798. The number of carbonyl (C=O) groups excluding carboxylic acids is 1. The molecule has 18 heteroatoms. The van der Waals surface area contributed by atoms with Crippen LogP contribution in [0.2, 0.25) is 0 Å². The molecule has 0 saturated carbocycles. The summed E-state index contributed by atoms with van der Waals surface area (Å²) in [6.07, 6.45) is 7.03. The van der Waals surface area contributed by atoms with E-state index in [9.17, 15) is 30.0 Å². The molecule has 0 aromatic carbocycles. The normalized spacial score (nSPS) is 13.2. The van der Waals surface area contributed by atoms with Crippen molar-refractivity contribution in [1.82, 2.24) is 5.32 Å². The van der Waals surface area contributed by atoms with Crippen LogP contribution in [-0.4, -0.2) is 75.9 Å². The van der Waals surface area contributed by atoms with Crippen LogP contribution in [0.25, 0.3) is 0 Å². The molecule has 0 radical (unpaired) electrons. The van der Waals surface area contributed by atoms with Gasteiger partial charge in [0.2, 0.25) is 5.91 Å². The standard InChI is InChI=1S/C15H31NO13S4/c17-14(9-7-5-3-1-2-4-6-8-10-30)16-15(11-27-31(18,19)20,12-28-32(21,22)23)13-29-33(24,25)26/h30H,1-13H2,(H,16,17)(H,18,19,20)(H,21,22,23)(H,24,25,26). The van der Waals surface area contributed by atoms with Crippen molar-refractivity contribution in [2.75, 3.05) is 25.6 Å². The molecule has 0 atom stereocenters. The highest BCUT2D eigenvalue weighted by Crippen LogP contribution is 2.15. The number of hydrogen-bond donors (Lipinski definition) is 5. The maximum Gasteiger partial charge on any atom is 0.397 e. The van der Waals surface area contributed by atoms with Crippen molar-refractivity contribution in [3.63, 3.8) is 0 Å². The summed E-state index contributed by atoms with van der Waals surface area (Å²) in [5.41, 5.74) is -2.36. The van der Waals surface area contributed by atoms with E-state index in [-0.39, 0.29) is 6.42 Å². The van der Waals surface area contributed by atoms with Crippen LogP contribution in [0.3, 0.4) is 0 Å². The molecule has 4 N–H and O–H groups in total. The van der Waals surface area contributed by atoms with E-state index in [0.29, 0.717) is 12.8 Å². The maximum absolute atomic E-state index is 12.3. The first kappa shape index (κ1) is 32.4. The predicted molar refractivity (Wildman–Crippen MR) is 119 cm³/mol. The Morgan fingerprint density at radius 2 is 1.00 bits per heavy atom. The van der Waals surface area contributed by atoms with Crippen LogP contribution in [0.15, 0.2) is 0 Å². The van der Waals surface area contributed by atoms with E-state index >= 15 is 0 Å². The fourth-order valence-electron chi connectivity index (χ4n) is 2.61. The first-order chi connectivity index (χ1) is 15.1. The molecule has 0 bridgehead atoms. The first-order valence-electron chi connectivity index (χ1n) is 9.85. The average Bonchev–Trinajstić information content (AvgIpc) is 2.66. The Hall–Kier alpha value is -0.570. The molecule has 0 heterocycles. The van der Waals surface area contributed by atoms with Crippen molar-refractivity contribution in [1.29, 1.82) is 0 Å². The van der Waals surface area contributed by atoms with Crippen LogP contribution in [0.4, 0.5) is 0 Å². The van der Waals surface area contributed by atoms with E-state index in [4.69, 9.17) is 13.7 Å². The molecule has 0 rings (SSSR count). The fraction of sp³-hybridized carbons (Fsp3) is 0.933. The van der Waals surface area contributed by atoms with Crippen molar-refractivity contribution in [2.24, 2.45) is 0 Å². The highest BCUT2D eigenvalue weighted by molar-refractivity contribution is 7.81. The fourth-order valence-corrected chi connectivity index (χ4v) is 3.96. The molecule has 0 aliphatic carbocycles. The molecule has 0 aliphatic rings. The summed E-state index contributed by atoms with van der Waals surface area (Å²) >= 11 is 4.13. The smallest absolute Gasteiger partial charge is 0.344 e. The molecule has 0 unspecified atom stereocenters. The second-order valence-electron chi connectivity index (χ2n) is 7.20. The molecule has 33 heavy (non-hydrogen) atoms. The van der Waals surface area contributed by atoms with Gasteiger partial charge in [-0.05, 0) is 18.6 Å². The van der Waals surface area contributed by atoms with Crippen LogP contribution in [0.5, 0.6) is 0 Å². The lowest BCUT2D eigenvalue weighted by Crippen LogP contribution is -2.59. The van der Waals surface area contributed by atoms with Gasteiger partial charge in [-0.15, -0.1) is 0 Å². The number of amides is 1. The van der Waals surface area contributed by atoms with Crippen LogP contribution in [-0.2, 0) is 48.5 Å². The average molecular weight is 562 g/mol. The quantitative estimate of drug-likeness (QED) is 0.0787. The SMILES string of the molecule is O=C(CCCCCCCCCCS)NC(COS(=O)(=O)O)(COS(=O)(=O)O)COS(=O)(=O)O. The predicted octanol–water partition coefficient (Wildman–Crippen LogP) is 0.740. The Labute approximate surface area is 200 Å². The Morgan fingerprint density at radius 3 is 1.33 bits per heavy atom. The highest BCUT2D eigenvalue weighted by atomic mass is 32.3. The second kappa shape index (κ2) is 15.4. The van der Waals surface area contributed by atoms with E-state index in [0.717, 1.165) is 44.3 Å². The lowest BCUT2D eigenvalue weighted by Gasteiger charge is -2.32. The van der Waals surface area contributed by atoms with Crippen molar-refractivity contribution in [3.8, 4) is 0 Å². The van der Waals surface area contributed by atoms with Gasteiger partial charge in [0.1, 0.15) is 5.54 Å².